The van der Waals surface area contributed by atoms with E-state index in [1.165, 1.54) is 32.1 Å². The Morgan fingerprint density at radius 1 is 1.41 bits per heavy atom. The van der Waals surface area contributed by atoms with Gasteiger partial charge in [0.25, 0.3) is 0 Å². The molecule has 0 saturated heterocycles. The Labute approximate surface area is 104 Å². The van der Waals surface area contributed by atoms with E-state index >= 15 is 0 Å². The highest BCUT2D eigenvalue weighted by atomic mass is 16.5. The first-order valence-corrected chi connectivity index (χ1v) is 6.66. The van der Waals surface area contributed by atoms with Gasteiger partial charge in [-0.1, -0.05) is 19.3 Å². The van der Waals surface area contributed by atoms with Crippen LogP contribution in [0.25, 0.3) is 0 Å². The smallest absolute Gasteiger partial charge is 0.334 e. The minimum atomic E-state index is -0.859. The van der Waals surface area contributed by atoms with E-state index < -0.39 is 12.1 Å². The molecule has 1 fully saturated rings. The van der Waals surface area contributed by atoms with Crippen LogP contribution in [0.2, 0.25) is 0 Å². The standard InChI is InChI=1S/C13H25NO3/c1-3-17-12(13(15)16)10-14(2)9-11-7-5-4-6-8-11/h11-12H,3-10H2,1-2H3,(H,15,16). The lowest BCUT2D eigenvalue weighted by Gasteiger charge is -2.28. The molecule has 0 aromatic heterocycles. The van der Waals surface area contributed by atoms with Crippen LogP contribution in [0, 0.1) is 5.92 Å². The summed E-state index contributed by atoms with van der Waals surface area (Å²) in [6.45, 7) is 3.77. The van der Waals surface area contributed by atoms with Crippen molar-refractivity contribution in [1.82, 2.24) is 4.90 Å². The Balaban J connectivity index is 2.30. The number of carboxylic acid groups (broad SMARTS) is 1. The predicted molar refractivity (Wildman–Crippen MR) is 67.1 cm³/mol. The Bertz CT molecular complexity index is 227. The number of carboxylic acids is 1. The molecule has 17 heavy (non-hydrogen) atoms. The van der Waals surface area contributed by atoms with Crippen LogP contribution in [0.1, 0.15) is 39.0 Å². The van der Waals surface area contributed by atoms with Gasteiger partial charge in [0.15, 0.2) is 6.10 Å². The fourth-order valence-electron chi connectivity index (χ4n) is 2.57. The molecule has 1 rings (SSSR count). The molecule has 4 nitrogen and oxygen atoms in total. The van der Waals surface area contributed by atoms with Crippen molar-refractivity contribution in [2.45, 2.75) is 45.1 Å². The summed E-state index contributed by atoms with van der Waals surface area (Å²) in [6.07, 6.45) is 5.90. The average molecular weight is 243 g/mol. The SMILES string of the molecule is CCOC(CN(C)CC1CCCCC1)C(=O)O. The maximum Gasteiger partial charge on any atom is 0.334 e. The molecule has 1 aliphatic rings. The van der Waals surface area contributed by atoms with Gasteiger partial charge >= 0.3 is 5.97 Å². The van der Waals surface area contributed by atoms with E-state index in [0.717, 1.165) is 12.5 Å². The van der Waals surface area contributed by atoms with E-state index in [-0.39, 0.29) is 0 Å². The fourth-order valence-corrected chi connectivity index (χ4v) is 2.57. The van der Waals surface area contributed by atoms with Crippen LogP contribution < -0.4 is 0 Å². The lowest BCUT2D eigenvalue weighted by atomic mass is 9.89. The molecule has 0 bridgehead atoms. The number of hydrogen-bond donors (Lipinski definition) is 1. The normalized spacial score (nSPS) is 19.5. The zero-order valence-electron chi connectivity index (χ0n) is 11.0. The van der Waals surface area contributed by atoms with Crippen LogP contribution in [0.3, 0.4) is 0 Å². The summed E-state index contributed by atoms with van der Waals surface area (Å²) >= 11 is 0. The van der Waals surface area contributed by atoms with Crippen molar-refractivity contribution in [2.75, 3.05) is 26.7 Å². The highest BCUT2D eigenvalue weighted by molar-refractivity contribution is 5.72. The molecule has 1 aliphatic carbocycles. The molecule has 100 valence electrons. The van der Waals surface area contributed by atoms with Gasteiger partial charge in [-0.05, 0) is 32.7 Å². The molecule has 1 saturated carbocycles. The average Bonchev–Trinajstić information content (AvgIpc) is 2.29. The van der Waals surface area contributed by atoms with Crippen LogP contribution in [-0.2, 0) is 9.53 Å². The summed E-state index contributed by atoms with van der Waals surface area (Å²) in [5, 5.41) is 9.01. The zero-order chi connectivity index (χ0) is 12.7. The minimum Gasteiger partial charge on any atom is -0.479 e. The van der Waals surface area contributed by atoms with Crippen molar-refractivity contribution >= 4 is 5.97 Å². The minimum absolute atomic E-state index is 0.453. The second-order valence-corrected chi connectivity index (χ2v) is 5.01. The third kappa shape index (κ3) is 5.50. The molecule has 0 heterocycles. The fraction of sp³-hybridized carbons (Fsp3) is 0.923. The third-order valence-electron chi connectivity index (χ3n) is 3.42. The molecule has 0 amide bonds. The van der Waals surface area contributed by atoms with E-state index in [4.69, 9.17) is 9.84 Å². The molecule has 0 aromatic rings. The Hall–Kier alpha value is -0.610. The van der Waals surface area contributed by atoms with Crippen molar-refractivity contribution in [3.8, 4) is 0 Å². The zero-order valence-corrected chi connectivity index (χ0v) is 11.0. The Kier molecular flexibility index (Phi) is 6.52. The maximum atomic E-state index is 11.0. The van der Waals surface area contributed by atoms with E-state index in [9.17, 15) is 4.79 Å². The first-order chi connectivity index (χ1) is 8.13. The van der Waals surface area contributed by atoms with Crippen LogP contribution in [0.5, 0.6) is 0 Å². The molecule has 0 spiro atoms. The molecule has 4 heteroatoms. The number of rotatable bonds is 7. The van der Waals surface area contributed by atoms with E-state index in [1.54, 1.807) is 0 Å². The van der Waals surface area contributed by atoms with Gasteiger partial charge in [-0.3, -0.25) is 0 Å². The quantitative estimate of drug-likeness (QED) is 0.743. The van der Waals surface area contributed by atoms with Crippen LogP contribution in [0.4, 0.5) is 0 Å². The number of likely N-dealkylation sites (N-methyl/N-ethyl adjacent to an activating group) is 1. The summed E-state index contributed by atoms with van der Waals surface area (Å²) in [5.41, 5.74) is 0. The summed E-state index contributed by atoms with van der Waals surface area (Å²) in [7, 11) is 1.99. The van der Waals surface area contributed by atoms with Crippen molar-refractivity contribution in [3.63, 3.8) is 0 Å². The number of hydrogen-bond acceptors (Lipinski definition) is 3. The molecule has 0 aromatic carbocycles. The first-order valence-electron chi connectivity index (χ1n) is 6.66. The molecular weight excluding hydrogens is 218 g/mol. The summed E-state index contributed by atoms with van der Waals surface area (Å²) in [4.78, 5) is 13.1. The van der Waals surface area contributed by atoms with Crippen molar-refractivity contribution in [3.05, 3.63) is 0 Å². The maximum absolute atomic E-state index is 11.0. The van der Waals surface area contributed by atoms with Crippen LogP contribution >= 0.6 is 0 Å². The molecular formula is C13H25NO3. The number of aliphatic carboxylic acids is 1. The highest BCUT2D eigenvalue weighted by Crippen LogP contribution is 2.24. The second-order valence-electron chi connectivity index (χ2n) is 5.01. The van der Waals surface area contributed by atoms with Gasteiger partial charge in [0.2, 0.25) is 0 Å². The van der Waals surface area contributed by atoms with Crippen molar-refractivity contribution in [1.29, 1.82) is 0 Å². The largest absolute Gasteiger partial charge is 0.479 e. The molecule has 0 aliphatic heterocycles. The summed E-state index contributed by atoms with van der Waals surface area (Å²) in [5.74, 6) is -0.118. The van der Waals surface area contributed by atoms with E-state index in [0.29, 0.717) is 13.2 Å². The van der Waals surface area contributed by atoms with Crippen molar-refractivity contribution in [2.24, 2.45) is 5.92 Å². The monoisotopic (exact) mass is 243 g/mol. The van der Waals surface area contributed by atoms with Crippen LogP contribution in [-0.4, -0.2) is 48.8 Å². The second kappa shape index (κ2) is 7.67. The van der Waals surface area contributed by atoms with Gasteiger partial charge in [0.1, 0.15) is 0 Å². The van der Waals surface area contributed by atoms with E-state index in [2.05, 4.69) is 4.90 Å². The number of nitrogens with zero attached hydrogens (tertiary/aromatic N) is 1. The highest BCUT2D eigenvalue weighted by Gasteiger charge is 2.22. The van der Waals surface area contributed by atoms with Gasteiger partial charge < -0.3 is 14.7 Å². The van der Waals surface area contributed by atoms with Gasteiger partial charge in [-0.25, -0.2) is 4.79 Å². The lowest BCUT2D eigenvalue weighted by Crippen LogP contribution is -2.39. The summed E-state index contributed by atoms with van der Waals surface area (Å²) in [6, 6.07) is 0. The molecule has 1 atom stereocenters. The van der Waals surface area contributed by atoms with Gasteiger partial charge in [-0.15, -0.1) is 0 Å². The van der Waals surface area contributed by atoms with Gasteiger partial charge in [0.05, 0.1) is 0 Å². The van der Waals surface area contributed by atoms with Crippen molar-refractivity contribution < 1.29 is 14.6 Å². The predicted octanol–water partition coefficient (Wildman–Crippen LogP) is 1.99. The van der Waals surface area contributed by atoms with E-state index in [1.807, 2.05) is 14.0 Å². The summed E-state index contributed by atoms with van der Waals surface area (Å²) < 4.78 is 5.22. The Morgan fingerprint density at radius 2 is 2.06 bits per heavy atom. The van der Waals surface area contributed by atoms with Crippen LogP contribution in [0.15, 0.2) is 0 Å². The lowest BCUT2D eigenvalue weighted by molar-refractivity contribution is -0.151. The number of ether oxygens (including phenoxy) is 1. The Morgan fingerprint density at radius 3 is 2.59 bits per heavy atom. The molecule has 1 unspecified atom stereocenters. The topological polar surface area (TPSA) is 49.8 Å². The first kappa shape index (κ1) is 14.5. The third-order valence-corrected chi connectivity index (χ3v) is 3.42. The van der Waals surface area contributed by atoms with Gasteiger partial charge in [-0.2, -0.15) is 0 Å². The molecule has 1 N–H and O–H groups in total. The molecule has 0 radical (unpaired) electrons. The van der Waals surface area contributed by atoms with Gasteiger partial charge in [0, 0.05) is 19.7 Å². The number of carbonyl (C=O) groups is 1.